The lowest BCUT2D eigenvalue weighted by Gasteiger charge is -2.13. The first-order valence-corrected chi connectivity index (χ1v) is 8.65. The van der Waals surface area contributed by atoms with Crippen LogP contribution in [0.3, 0.4) is 0 Å². The molecule has 0 atom stereocenters. The topological polar surface area (TPSA) is 54.2 Å². The summed E-state index contributed by atoms with van der Waals surface area (Å²) in [6.45, 7) is 7.09. The predicted octanol–water partition coefficient (Wildman–Crippen LogP) is 3.65. The fourth-order valence-corrected chi connectivity index (χ4v) is 2.48. The van der Waals surface area contributed by atoms with Crippen molar-refractivity contribution in [2.75, 3.05) is 13.6 Å². The van der Waals surface area contributed by atoms with E-state index in [1.807, 2.05) is 19.6 Å². The van der Waals surface area contributed by atoms with E-state index in [1.54, 1.807) is 6.20 Å². The van der Waals surface area contributed by atoms with Gasteiger partial charge in [-0.15, -0.1) is 24.0 Å². The molecule has 0 amide bonds. The second kappa shape index (κ2) is 11.9. The van der Waals surface area contributed by atoms with Crippen LogP contribution in [0.5, 0.6) is 0 Å². The maximum absolute atomic E-state index is 4.27. The van der Waals surface area contributed by atoms with Gasteiger partial charge in [0.1, 0.15) is 0 Å². The molecular weight excluding hydrogens is 425 g/mol. The number of hydrogen-bond donors (Lipinski definition) is 2. The summed E-state index contributed by atoms with van der Waals surface area (Å²) in [5.41, 5.74) is 2.52. The SMILES string of the molecule is CN=C(NCCCC(C)C)NCc1ccc(Cn2ccnc2)cc1.I. The van der Waals surface area contributed by atoms with Gasteiger partial charge in [0, 0.05) is 39.1 Å². The van der Waals surface area contributed by atoms with Gasteiger partial charge in [-0.3, -0.25) is 4.99 Å². The third-order valence-electron chi connectivity index (χ3n) is 3.88. The van der Waals surface area contributed by atoms with Crippen LogP contribution in [0.25, 0.3) is 0 Å². The zero-order chi connectivity index (χ0) is 17.2. The second-order valence-corrected chi connectivity index (χ2v) is 6.44. The zero-order valence-electron chi connectivity index (χ0n) is 15.4. The first kappa shape index (κ1) is 21.5. The fourth-order valence-electron chi connectivity index (χ4n) is 2.48. The Bertz CT molecular complexity index is 605. The number of benzene rings is 1. The molecule has 0 radical (unpaired) electrons. The number of rotatable bonds is 8. The van der Waals surface area contributed by atoms with E-state index in [0.717, 1.165) is 31.5 Å². The molecule has 5 nitrogen and oxygen atoms in total. The maximum atomic E-state index is 4.27. The molecule has 1 heterocycles. The molecule has 0 fully saturated rings. The maximum Gasteiger partial charge on any atom is 0.191 e. The third-order valence-corrected chi connectivity index (χ3v) is 3.88. The van der Waals surface area contributed by atoms with Crippen molar-refractivity contribution in [3.05, 3.63) is 54.1 Å². The summed E-state index contributed by atoms with van der Waals surface area (Å²) in [5.74, 6) is 1.61. The Morgan fingerprint density at radius 3 is 2.48 bits per heavy atom. The lowest BCUT2D eigenvalue weighted by atomic mass is 10.1. The standard InChI is InChI=1S/C19H29N5.HI/c1-16(2)5-4-10-22-19(20-3)23-13-17-6-8-18(9-7-17)14-24-12-11-21-15-24;/h6-9,11-12,15-16H,4-5,10,13-14H2,1-3H3,(H2,20,22,23);1H. The first-order chi connectivity index (χ1) is 11.7. The Kier molecular flexibility index (Phi) is 10.2. The van der Waals surface area contributed by atoms with Gasteiger partial charge in [0.15, 0.2) is 5.96 Å². The molecule has 2 rings (SSSR count). The molecule has 2 aromatic rings. The molecule has 138 valence electrons. The van der Waals surface area contributed by atoms with Crippen molar-refractivity contribution in [1.82, 2.24) is 20.2 Å². The average Bonchev–Trinajstić information content (AvgIpc) is 3.08. The number of imidazole rings is 1. The number of hydrogen-bond acceptors (Lipinski definition) is 2. The minimum absolute atomic E-state index is 0. The molecule has 0 aliphatic carbocycles. The van der Waals surface area contributed by atoms with Crippen molar-refractivity contribution in [2.24, 2.45) is 10.9 Å². The summed E-state index contributed by atoms with van der Waals surface area (Å²) in [4.78, 5) is 8.34. The van der Waals surface area contributed by atoms with E-state index < -0.39 is 0 Å². The second-order valence-electron chi connectivity index (χ2n) is 6.44. The van der Waals surface area contributed by atoms with E-state index in [2.05, 4.69) is 63.3 Å². The highest BCUT2D eigenvalue weighted by Crippen LogP contribution is 2.06. The summed E-state index contributed by atoms with van der Waals surface area (Å²) in [7, 11) is 1.81. The van der Waals surface area contributed by atoms with Crippen molar-refractivity contribution < 1.29 is 0 Å². The molecule has 6 heteroatoms. The summed E-state index contributed by atoms with van der Waals surface area (Å²) < 4.78 is 2.07. The van der Waals surface area contributed by atoms with Crippen LogP contribution in [-0.2, 0) is 13.1 Å². The Balaban J connectivity index is 0.00000312. The van der Waals surface area contributed by atoms with Crippen molar-refractivity contribution in [2.45, 2.75) is 39.8 Å². The summed E-state index contributed by atoms with van der Waals surface area (Å²) >= 11 is 0. The largest absolute Gasteiger partial charge is 0.356 e. The quantitative estimate of drug-likeness (QED) is 0.277. The van der Waals surface area contributed by atoms with Gasteiger partial charge in [-0.05, 0) is 29.9 Å². The molecule has 0 unspecified atom stereocenters. The van der Waals surface area contributed by atoms with Crippen molar-refractivity contribution >= 4 is 29.9 Å². The number of aliphatic imine (C=N–C) groups is 1. The van der Waals surface area contributed by atoms with Crippen molar-refractivity contribution in [1.29, 1.82) is 0 Å². The lowest BCUT2D eigenvalue weighted by molar-refractivity contribution is 0.549. The van der Waals surface area contributed by atoms with Crippen LogP contribution < -0.4 is 10.6 Å². The molecule has 0 aliphatic rings. The van der Waals surface area contributed by atoms with E-state index >= 15 is 0 Å². The van der Waals surface area contributed by atoms with Crippen molar-refractivity contribution in [3.63, 3.8) is 0 Å². The zero-order valence-corrected chi connectivity index (χ0v) is 17.7. The number of nitrogens with one attached hydrogen (secondary N) is 2. The Hall–Kier alpha value is -1.57. The monoisotopic (exact) mass is 455 g/mol. The van der Waals surface area contributed by atoms with Crippen molar-refractivity contribution in [3.8, 4) is 0 Å². The number of halogens is 1. The normalized spacial score (nSPS) is 11.3. The Morgan fingerprint density at radius 2 is 1.88 bits per heavy atom. The highest BCUT2D eigenvalue weighted by atomic mass is 127. The molecule has 1 aromatic heterocycles. The molecule has 0 saturated heterocycles. The van der Waals surface area contributed by atoms with Gasteiger partial charge in [-0.25, -0.2) is 4.98 Å². The van der Waals surface area contributed by atoms with Gasteiger partial charge in [0.2, 0.25) is 0 Å². The van der Waals surface area contributed by atoms with Crippen LogP contribution in [0.15, 0.2) is 48.0 Å². The van der Waals surface area contributed by atoms with E-state index in [-0.39, 0.29) is 24.0 Å². The minimum atomic E-state index is 0. The van der Waals surface area contributed by atoms with E-state index in [0.29, 0.717) is 0 Å². The molecule has 0 saturated carbocycles. The van der Waals surface area contributed by atoms with Gasteiger partial charge in [0.05, 0.1) is 6.33 Å². The Morgan fingerprint density at radius 1 is 1.16 bits per heavy atom. The molecule has 2 N–H and O–H groups in total. The fraction of sp³-hybridized carbons (Fsp3) is 0.474. The molecule has 0 spiro atoms. The van der Waals surface area contributed by atoms with Gasteiger partial charge in [-0.2, -0.15) is 0 Å². The lowest BCUT2D eigenvalue weighted by Crippen LogP contribution is -2.37. The smallest absolute Gasteiger partial charge is 0.191 e. The highest BCUT2D eigenvalue weighted by molar-refractivity contribution is 14.0. The van der Waals surface area contributed by atoms with E-state index in [4.69, 9.17) is 0 Å². The molecule has 0 bridgehead atoms. The highest BCUT2D eigenvalue weighted by Gasteiger charge is 2.00. The van der Waals surface area contributed by atoms with Crippen LogP contribution in [0.4, 0.5) is 0 Å². The number of guanidine groups is 1. The van der Waals surface area contributed by atoms with Crippen LogP contribution >= 0.6 is 24.0 Å². The Labute approximate surface area is 168 Å². The van der Waals surface area contributed by atoms with Crippen LogP contribution in [0, 0.1) is 5.92 Å². The van der Waals surface area contributed by atoms with Crippen LogP contribution in [-0.4, -0.2) is 29.1 Å². The van der Waals surface area contributed by atoms with Crippen LogP contribution in [0.1, 0.15) is 37.8 Å². The predicted molar refractivity (Wildman–Crippen MR) is 115 cm³/mol. The van der Waals surface area contributed by atoms with E-state index in [1.165, 1.54) is 24.0 Å². The molecular formula is C19H30IN5. The third kappa shape index (κ3) is 8.38. The average molecular weight is 455 g/mol. The molecule has 1 aromatic carbocycles. The van der Waals surface area contributed by atoms with Crippen LogP contribution in [0.2, 0.25) is 0 Å². The summed E-state index contributed by atoms with van der Waals surface area (Å²) in [6, 6.07) is 8.64. The van der Waals surface area contributed by atoms with Gasteiger partial charge in [-0.1, -0.05) is 38.1 Å². The minimum Gasteiger partial charge on any atom is -0.356 e. The first-order valence-electron chi connectivity index (χ1n) is 8.65. The number of nitrogens with zero attached hydrogens (tertiary/aromatic N) is 3. The molecule has 25 heavy (non-hydrogen) atoms. The molecule has 0 aliphatic heterocycles. The summed E-state index contributed by atoms with van der Waals surface area (Å²) in [6.07, 6.45) is 8.02. The number of aromatic nitrogens is 2. The van der Waals surface area contributed by atoms with E-state index in [9.17, 15) is 0 Å². The summed E-state index contributed by atoms with van der Waals surface area (Å²) in [5, 5.41) is 6.73. The van der Waals surface area contributed by atoms with Gasteiger partial charge in [0.25, 0.3) is 0 Å². The van der Waals surface area contributed by atoms with Gasteiger partial charge < -0.3 is 15.2 Å². The van der Waals surface area contributed by atoms with Gasteiger partial charge >= 0.3 is 0 Å².